The highest BCUT2D eigenvalue weighted by Gasteiger charge is 2.31. The fourth-order valence-electron chi connectivity index (χ4n) is 2.52. The van der Waals surface area contributed by atoms with Gasteiger partial charge in [-0.2, -0.15) is 4.31 Å². The van der Waals surface area contributed by atoms with Gasteiger partial charge in [0.25, 0.3) is 0 Å². The molecule has 1 aliphatic rings. The molecular formula is C14H21ClN2O2S. The van der Waals surface area contributed by atoms with Gasteiger partial charge in [0, 0.05) is 24.7 Å². The van der Waals surface area contributed by atoms with E-state index in [1.165, 1.54) is 0 Å². The molecule has 1 aromatic carbocycles. The van der Waals surface area contributed by atoms with Crippen molar-refractivity contribution in [1.82, 2.24) is 9.62 Å². The van der Waals surface area contributed by atoms with Crippen LogP contribution in [-0.2, 0) is 16.6 Å². The summed E-state index contributed by atoms with van der Waals surface area (Å²) in [5, 5.41) is 3.50. The lowest BCUT2D eigenvalue weighted by atomic mass is 10.1. The van der Waals surface area contributed by atoms with Gasteiger partial charge in [0.2, 0.25) is 10.0 Å². The van der Waals surface area contributed by atoms with Crippen LogP contribution in [0.5, 0.6) is 0 Å². The molecule has 1 aromatic rings. The molecule has 6 heteroatoms. The fraction of sp³-hybridized carbons (Fsp3) is 0.571. The van der Waals surface area contributed by atoms with Crippen LogP contribution >= 0.6 is 11.6 Å². The van der Waals surface area contributed by atoms with Crippen LogP contribution in [0.1, 0.15) is 25.3 Å². The highest BCUT2D eigenvalue weighted by atomic mass is 35.5. The van der Waals surface area contributed by atoms with Gasteiger partial charge in [-0.3, -0.25) is 0 Å². The predicted molar refractivity (Wildman–Crippen MR) is 81.4 cm³/mol. The zero-order valence-electron chi connectivity index (χ0n) is 11.9. The first-order valence-corrected chi connectivity index (χ1v) is 8.74. The Balaban J connectivity index is 2.24. The highest BCUT2D eigenvalue weighted by molar-refractivity contribution is 7.89. The van der Waals surface area contributed by atoms with Crippen LogP contribution in [0.25, 0.3) is 0 Å². The molecule has 0 spiro atoms. The first-order valence-electron chi connectivity index (χ1n) is 6.92. The van der Waals surface area contributed by atoms with E-state index in [1.54, 1.807) is 22.5 Å². The minimum absolute atomic E-state index is 0.291. The standard InChI is InChI=1S/C14H21ClN2O2S/c1-3-11-6-7-17(10-11)20(18,19)13-5-4-12(9-16-2)14(15)8-13/h4-5,8,11,16H,3,6-7,9-10H2,1-2H3. The number of benzene rings is 1. The van der Waals surface area contributed by atoms with E-state index < -0.39 is 10.0 Å². The molecule has 1 heterocycles. The summed E-state index contributed by atoms with van der Waals surface area (Å²) in [7, 11) is -1.58. The average molecular weight is 317 g/mol. The maximum Gasteiger partial charge on any atom is 0.243 e. The van der Waals surface area contributed by atoms with Crippen molar-refractivity contribution in [2.24, 2.45) is 5.92 Å². The average Bonchev–Trinajstić information content (AvgIpc) is 2.90. The first kappa shape index (κ1) is 15.8. The number of rotatable bonds is 5. The van der Waals surface area contributed by atoms with Crippen molar-refractivity contribution in [1.29, 1.82) is 0 Å². The van der Waals surface area contributed by atoms with Crippen LogP contribution in [0, 0.1) is 5.92 Å². The van der Waals surface area contributed by atoms with E-state index in [2.05, 4.69) is 12.2 Å². The molecule has 1 aliphatic heterocycles. The van der Waals surface area contributed by atoms with Gasteiger partial charge in [-0.05, 0) is 37.1 Å². The molecule has 1 atom stereocenters. The monoisotopic (exact) mass is 316 g/mol. The van der Waals surface area contributed by atoms with E-state index in [0.717, 1.165) is 18.4 Å². The topological polar surface area (TPSA) is 49.4 Å². The summed E-state index contributed by atoms with van der Waals surface area (Å²) in [6.45, 7) is 3.95. The van der Waals surface area contributed by atoms with Crippen LogP contribution in [0.15, 0.2) is 23.1 Å². The van der Waals surface area contributed by atoms with Gasteiger partial charge in [-0.1, -0.05) is 31.0 Å². The van der Waals surface area contributed by atoms with Crippen LogP contribution in [0.2, 0.25) is 5.02 Å². The van der Waals surface area contributed by atoms with E-state index in [0.29, 0.717) is 35.5 Å². The zero-order chi connectivity index (χ0) is 14.8. The Hall–Kier alpha value is -0.620. The Kier molecular flexibility index (Phi) is 5.07. The van der Waals surface area contributed by atoms with Gasteiger partial charge < -0.3 is 5.32 Å². The third-order valence-electron chi connectivity index (χ3n) is 3.86. The molecule has 0 amide bonds. The van der Waals surface area contributed by atoms with Gasteiger partial charge in [-0.25, -0.2) is 8.42 Å². The number of nitrogens with one attached hydrogen (secondary N) is 1. The van der Waals surface area contributed by atoms with Gasteiger partial charge in [0.05, 0.1) is 4.90 Å². The van der Waals surface area contributed by atoms with Crippen molar-refractivity contribution in [3.05, 3.63) is 28.8 Å². The molecule has 0 bridgehead atoms. The van der Waals surface area contributed by atoms with Gasteiger partial charge in [-0.15, -0.1) is 0 Å². The second-order valence-corrected chi connectivity index (χ2v) is 7.55. The lowest BCUT2D eigenvalue weighted by molar-refractivity contribution is 0.453. The molecule has 2 rings (SSSR count). The van der Waals surface area contributed by atoms with Crippen molar-refractivity contribution in [3.63, 3.8) is 0 Å². The maximum atomic E-state index is 12.6. The Morgan fingerprint density at radius 1 is 1.45 bits per heavy atom. The van der Waals surface area contributed by atoms with Gasteiger partial charge in [0.15, 0.2) is 0 Å². The molecule has 20 heavy (non-hydrogen) atoms. The van der Waals surface area contributed by atoms with Crippen LogP contribution < -0.4 is 5.32 Å². The largest absolute Gasteiger partial charge is 0.316 e. The highest BCUT2D eigenvalue weighted by Crippen LogP contribution is 2.28. The van der Waals surface area contributed by atoms with E-state index in [4.69, 9.17) is 11.6 Å². The first-order chi connectivity index (χ1) is 9.48. The van der Waals surface area contributed by atoms with Crippen molar-refractivity contribution in [2.75, 3.05) is 20.1 Å². The normalized spacial score (nSPS) is 20.4. The summed E-state index contributed by atoms with van der Waals surface area (Å²) in [4.78, 5) is 0.291. The van der Waals surface area contributed by atoms with Crippen LogP contribution in [0.3, 0.4) is 0 Å². The molecular weight excluding hydrogens is 296 g/mol. The Morgan fingerprint density at radius 3 is 2.75 bits per heavy atom. The Morgan fingerprint density at radius 2 is 2.20 bits per heavy atom. The number of nitrogens with zero attached hydrogens (tertiary/aromatic N) is 1. The molecule has 1 saturated heterocycles. The molecule has 4 nitrogen and oxygen atoms in total. The van der Waals surface area contributed by atoms with Crippen LogP contribution in [0.4, 0.5) is 0 Å². The van der Waals surface area contributed by atoms with Gasteiger partial charge in [0.1, 0.15) is 0 Å². The molecule has 1 unspecified atom stereocenters. The lowest BCUT2D eigenvalue weighted by Gasteiger charge is -2.17. The van der Waals surface area contributed by atoms with Crippen molar-refractivity contribution in [3.8, 4) is 0 Å². The summed E-state index contributed by atoms with van der Waals surface area (Å²) in [5.74, 6) is 0.476. The van der Waals surface area contributed by atoms with E-state index in [-0.39, 0.29) is 0 Å². The van der Waals surface area contributed by atoms with Crippen LogP contribution in [-0.4, -0.2) is 32.9 Å². The molecule has 0 saturated carbocycles. The molecule has 0 aliphatic carbocycles. The van der Waals surface area contributed by atoms with Gasteiger partial charge >= 0.3 is 0 Å². The SMILES string of the molecule is CCC1CCN(S(=O)(=O)c2ccc(CNC)c(Cl)c2)C1. The lowest BCUT2D eigenvalue weighted by Crippen LogP contribution is -2.28. The minimum atomic E-state index is -3.41. The Labute approximate surface area is 126 Å². The molecule has 1 N–H and O–H groups in total. The summed E-state index contributed by atoms with van der Waals surface area (Å²) in [6.07, 6.45) is 1.97. The second kappa shape index (κ2) is 6.43. The smallest absolute Gasteiger partial charge is 0.243 e. The van der Waals surface area contributed by atoms with E-state index >= 15 is 0 Å². The molecule has 0 radical (unpaired) electrons. The predicted octanol–water partition coefficient (Wildman–Crippen LogP) is 2.48. The fourth-order valence-corrected chi connectivity index (χ4v) is 4.39. The van der Waals surface area contributed by atoms with E-state index in [1.807, 2.05) is 7.05 Å². The number of hydrogen-bond donors (Lipinski definition) is 1. The number of hydrogen-bond acceptors (Lipinski definition) is 3. The quantitative estimate of drug-likeness (QED) is 0.908. The second-order valence-electron chi connectivity index (χ2n) is 5.21. The Bertz CT molecular complexity index is 575. The van der Waals surface area contributed by atoms with Crippen molar-refractivity contribution < 1.29 is 8.42 Å². The minimum Gasteiger partial charge on any atom is -0.316 e. The third-order valence-corrected chi connectivity index (χ3v) is 6.07. The maximum absolute atomic E-state index is 12.6. The summed E-state index contributed by atoms with van der Waals surface area (Å²) in [5.41, 5.74) is 0.904. The van der Waals surface area contributed by atoms with Crippen molar-refractivity contribution >= 4 is 21.6 Å². The summed E-state index contributed by atoms with van der Waals surface area (Å²) in [6, 6.07) is 4.98. The third kappa shape index (κ3) is 3.17. The zero-order valence-corrected chi connectivity index (χ0v) is 13.5. The number of sulfonamides is 1. The summed E-state index contributed by atoms with van der Waals surface area (Å²) < 4.78 is 26.7. The van der Waals surface area contributed by atoms with Crippen molar-refractivity contribution in [2.45, 2.75) is 31.2 Å². The molecule has 0 aromatic heterocycles. The summed E-state index contributed by atoms with van der Waals surface area (Å²) >= 11 is 6.15. The molecule has 112 valence electrons. The molecule has 1 fully saturated rings. The van der Waals surface area contributed by atoms with E-state index in [9.17, 15) is 8.42 Å². The number of halogens is 1.